The Morgan fingerprint density at radius 2 is 2.09 bits per heavy atom. The number of benzene rings is 1. The number of ether oxygens (including phenoxy) is 2. The van der Waals surface area contributed by atoms with Crippen LogP contribution in [-0.2, 0) is 20.8 Å². The molecule has 2 rings (SSSR count). The van der Waals surface area contributed by atoms with E-state index in [9.17, 15) is 18.4 Å². The zero-order valence-electron chi connectivity index (χ0n) is 11.9. The summed E-state index contributed by atoms with van der Waals surface area (Å²) in [5, 5.41) is 5.52. The number of hydrogen-bond acceptors (Lipinski definition) is 5. The molecule has 1 fully saturated rings. The van der Waals surface area contributed by atoms with Crippen molar-refractivity contribution in [1.82, 2.24) is 10.6 Å². The number of amides is 1. The number of rotatable bonds is 4. The smallest absolute Gasteiger partial charge is 0.343 e. The molecule has 8 heteroatoms. The predicted molar refractivity (Wildman–Crippen MR) is 72.2 cm³/mol. The van der Waals surface area contributed by atoms with Gasteiger partial charge in [0.25, 0.3) is 0 Å². The van der Waals surface area contributed by atoms with Gasteiger partial charge in [0, 0.05) is 13.1 Å². The van der Waals surface area contributed by atoms with Crippen molar-refractivity contribution in [3.05, 3.63) is 34.9 Å². The van der Waals surface area contributed by atoms with Crippen LogP contribution in [0.2, 0.25) is 0 Å². The highest BCUT2D eigenvalue weighted by Gasteiger charge is 2.22. The largest absolute Gasteiger partial charge is 0.465 e. The molecule has 22 heavy (non-hydrogen) atoms. The highest BCUT2D eigenvalue weighted by molar-refractivity contribution is 5.90. The van der Waals surface area contributed by atoms with Gasteiger partial charge in [0.2, 0.25) is 5.91 Å². The van der Waals surface area contributed by atoms with Crippen LogP contribution in [0.1, 0.15) is 15.9 Å². The number of carbonyl (C=O) groups excluding carboxylic acids is 2. The quantitative estimate of drug-likeness (QED) is 0.785. The Hall–Kier alpha value is -2.06. The Morgan fingerprint density at radius 1 is 1.41 bits per heavy atom. The molecule has 0 bridgehead atoms. The molecule has 0 spiro atoms. The second-order valence-corrected chi connectivity index (χ2v) is 4.73. The topological polar surface area (TPSA) is 76.7 Å². The van der Waals surface area contributed by atoms with Crippen molar-refractivity contribution in [3.8, 4) is 0 Å². The minimum Gasteiger partial charge on any atom is -0.465 e. The Morgan fingerprint density at radius 3 is 2.64 bits per heavy atom. The maximum atomic E-state index is 13.7. The van der Waals surface area contributed by atoms with Crippen LogP contribution in [0, 0.1) is 11.6 Å². The van der Waals surface area contributed by atoms with Crippen molar-refractivity contribution in [2.75, 3.05) is 26.9 Å². The first kappa shape index (κ1) is 16.3. The standard InChI is InChI=1S/C14H16F2N2O4/c1-21-14(20)12-9(15)4-8(5-10(12)16)6-18-13(19)11-7-22-3-2-17-11/h4-5,11,17H,2-3,6-7H2,1H3,(H,18,19)/t11-/m1/s1. The lowest BCUT2D eigenvalue weighted by molar-refractivity contribution is -0.126. The van der Waals surface area contributed by atoms with E-state index in [0.29, 0.717) is 13.2 Å². The molecule has 0 saturated carbocycles. The summed E-state index contributed by atoms with van der Waals surface area (Å²) in [5.41, 5.74) is -0.548. The van der Waals surface area contributed by atoms with E-state index < -0.39 is 29.2 Å². The van der Waals surface area contributed by atoms with Gasteiger partial charge in [-0.25, -0.2) is 13.6 Å². The fourth-order valence-corrected chi connectivity index (χ4v) is 2.07. The summed E-state index contributed by atoms with van der Waals surface area (Å²) in [5.74, 6) is -3.47. The van der Waals surface area contributed by atoms with E-state index in [-0.39, 0.29) is 24.6 Å². The number of nitrogens with one attached hydrogen (secondary N) is 2. The molecular formula is C14H16F2N2O4. The average Bonchev–Trinajstić information content (AvgIpc) is 2.52. The van der Waals surface area contributed by atoms with E-state index in [2.05, 4.69) is 15.4 Å². The van der Waals surface area contributed by atoms with Gasteiger partial charge in [0.05, 0.1) is 20.3 Å². The van der Waals surface area contributed by atoms with E-state index >= 15 is 0 Å². The van der Waals surface area contributed by atoms with Crippen LogP contribution >= 0.6 is 0 Å². The van der Waals surface area contributed by atoms with Crippen molar-refractivity contribution < 1.29 is 27.8 Å². The number of hydrogen-bond donors (Lipinski definition) is 2. The fourth-order valence-electron chi connectivity index (χ4n) is 2.07. The molecule has 0 aliphatic carbocycles. The molecule has 1 aromatic rings. The minimum absolute atomic E-state index is 0.0632. The monoisotopic (exact) mass is 314 g/mol. The molecular weight excluding hydrogens is 298 g/mol. The van der Waals surface area contributed by atoms with Crippen LogP contribution in [0.25, 0.3) is 0 Å². The summed E-state index contributed by atoms with van der Waals surface area (Å²) in [6, 6.07) is 1.48. The molecule has 6 nitrogen and oxygen atoms in total. The number of morpholine rings is 1. The van der Waals surface area contributed by atoms with E-state index in [1.165, 1.54) is 0 Å². The number of methoxy groups -OCH3 is 1. The second-order valence-electron chi connectivity index (χ2n) is 4.73. The minimum atomic E-state index is -1.09. The number of carbonyl (C=O) groups is 2. The Balaban J connectivity index is 2.01. The number of esters is 1. The summed E-state index contributed by atoms with van der Waals surface area (Å²) in [6.45, 7) is 1.28. The van der Waals surface area contributed by atoms with Crippen LogP contribution in [0.4, 0.5) is 8.78 Å². The summed E-state index contributed by atoms with van der Waals surface area (Å²) in [7, 11) is 1.04. The average molecular weight is 314 g/mol. The molecule has 1 aliphatic rings. The SMILES string of the molecule is COC(=O)c1c(F)cc(CNC(=O)[C@H]2COCCN2)cc1F. The maximum absolute atomic E-state index is 13.7. The third kappa shape index (κ3) is 3.77. The van der Waals surface area contributed by atoms with E-state index in [0.717, 1.165) is 19.2 Å². The van der Waals surface area contributed by atoms with Crippen LogP contribution in [0.5, 0.6) is 0 Å². The van der Waals surface area contributed by atoms with E-state index in [1.54, 1.807) is 0 Å². The molecule has 1 saturated heterocycles. The van der Waals surface area contributed by atoms with Gasteiger partial charge in [-0.1, -0.05) is 0 Å². The molecule has 1 aliphatic heterocycles. The number of halogens is 2. The molecule has 0 radical (unpaired) electrons. The van der Waals surface area contributed by atoms with Crippen molar-refractivity contribution >= 4 is 11.9 Å². The molecule has 2 N–H and O–H groups in total. The molecule has 1 atom stereocenters. The zero-order valence-corrected chi connectivity index (χ0v) is 11.9. The molecule has 0 unspecified atom stereocenters. The maximum Gasteiger partial charge on any atom is 0.343 e. The van der Waals surface area contributed by atoms with Gasteiger partial charge in [0.15, 0.2) is 0 Å². The van der Waals surface area contributed by atoms with Crippen LogP contribution in [-0.4, -0.2) is 44.8 Å². The van der Waals surface area contributed by atoms with Crippen molar-refractivity contribution in [2.45, 2.75) is 12.6 Å². The van der Waals surface area contributed by atoms with Crippen LogP contribution < -0.4 is 10.6 Å². The molecule has 1 aromatic carbocycles. The lowest BCUT2D eigenvalue weighted by Gasteiger charge is -2.22. The normalized spacial score (nSPS) is 17.9. The fraction of sp³-hybridized carbons (Fsp3) is 0.429. The second kappa shape index (κ2) is 7.28. The van der Waals surface area contributed by atoms with Gasteiger partial charge in [-0.3, -0.25) is 4.79 Å². The van der Waals surface area contributed by atoms with Crippen molar-refractivity contribution in [1.29, 1.82) is 0 Å². The molecule has 1 amide bonds. The van der Waals surface area contributed by atoms with Gasteiger partial charge in [-0.05, 0) is 17.7 Å². The third-order valence-electron chi connectivity index (χ3n) is 3.20. The van der Waals surface area contributed by atoms with Gasteiger partial charge in [-0.2, -0.15) is 0 Å². The summed E-state index contributed by atoms with van der Waals surface area (Å²) >= 11 is 0. The van der Waals surface area contributed by atoms with Gasteiger partial charge < -0.3 is 20.1 Å². The molecule has 120 valence electrons. The Labute approximate surface area is 125 Å². The summed E-state index contributed by atoms with van der Waals surface area (Å²) in [4.78, 5) is 23.1. The molecule has 0 aromatic heterocycles. The lowest BCUT2D eigenvalue weighted by atomic mass is 10.1. The first-order chi connectivity index (χ1) is 10.5. The van der Waals surface area contributed by atoms with Gasteiger partial charge in [-0.15, -0.1) is 0 Å². The summed E-state index contributed by atoms with van der Waals surface area (Å²) < 4.78 is 36.9. The van der Waals surface area contributed by atoms with Gasteiger partial charge >= 0.3 is 5.97 Å². The van der Waals surface area contributed by atoms with Gasteiger partial charge in [0.1, 0.15) is 23.2 Å². The van der Waals surface area contributed by atoms with Crippen LogP contribution in [0.3, 0.4) is 0 Å². The third-order valence-corrected chi connectivity index (χ3v) is 3.20. The highest BCUT2D eigenvalue weighted by Crippen LogP contribution is 2.16. The highest BCUT2D eigenvalue weighted by atomic mass is 19.1. The van der Waals surface area contributed by atoms with E-state index in [1.807, 2.05) is 0 Å². The zero-order chi connectivity index (χ0) is 16.1. The Bertz CT molecular complexity index is 551. The molecule has 1 heterocycles. The predicted octanol–water partition coefficient (Wildman–Crippen LogP) is 0.356. The first-order valence-corrected chi connectivity index (χ1v) is 6.68. The van der Waals surface area contributed by atoms with Crippen LogP contribution in [0.15, 0.2) is 12.1 Å². The summed E-state index contributed by atoms with van der Waals surface area (Å²) in [6.07, 6.45) is 0. The van der Waals surface area contributed by atoms with E-state index in [4.69, 9.17) is 4.74 Å². The first-order valence-electron chi connectivity index (χ1n) is 6.68. The van der Waals surface area contributed by atoms with Crippen molar-refractivity contribution in [2.24, 2.45) is 0 Å². The Kier molecular flexibility index (Phi) is 5.40. The van der Waals surface area contributed by atoms with Crippen molar-refractivity contribution in [3.63, 3.8) is 0 Å². The lowest BCUT2D eigenvalue weighted by Crippen LogP contribution is -2.51.